The lowest BCUT2D eigenvalue weighted by Crippen LogP contribution is -2.40. The second kappa shape index (κ2) is 6.98. The summed E-state index contributed by atoms with van der Waals surface area (Å²) in [6.07, 6.45) is 0.281. The summed E-state index contributed by atoms with van der Waals surface area (Å²) >= 11 is 0. The first-order valence-electron chi connectivity index (χ1n) is 5.88. The molecule has 0 aliphatic rings. The van der Waals surface area contributed by atoms with Gasteiger partial charge in [0.05, 0.1) is 7.11 Å². The molecule has 1 aromatic rings. The van der Waals surface area contributed by atoms with Crippen molar-refractivity contribution >= 4 is 5.91 Å². The molecule has 0 fully saturated rings. The molecular weight excluding hydrogens is 230 g/mol. The number of carbonyl (C=O) groups is 1. The van der Waals surface area contributed by atoms with Crippen molar-refractivity contribution in [3.05, 3.63) is 29.8 Å². The van der Waals surface area contributed by atoms with E-state index in [1.165, 1.54) is 0 Å². The van der Waals surface area contributed by atoms with Crippen LogP contribution in [0.15, 0.2) is 24.3 Å². The van der Waals surface area contributed by atoms with E-state index in [0.29, 0.717) is 6.54 Å². The molecule has 0 radical (unpaired) electrons. The van der Waals surface area contributed by atoms with Crippen LogP contribution in [-0.2, 0) is 11.3 Å². The van der Waals surface area contributed by atoms with Gasteiger partial charge in [0.25, 0.3) is 0 Å². The molecule has 1 atom stereocenters. The second-order valence-electron chi connectivity index (χ2n) is 4.32. The van der Waals surface area contributed by atoms with Gasteiger partial charge >= 0.3 is 0 Å². The zero-order chi connectivity index (χ0) is 13.5. The number of methoxy groups -OCH3 is 1. The maximum absolute atomic E-state index is 10.9. The standard InChI is InChI=1S/C13H21N3O2/c1-16(11(8-14)7-13(15)17)9-10-3-5-12(18-2)6-4-10/h3-6,11H,7-9,14H2,1-2H3,(H2,15,17). The van der Waals surface area contributed by atoms with Crippen LogP contribution in [0, 0.1) is 0 Å². The lowest BCUT2D eigenvalue weighted by molar-refractivity contribution is -0.119. The van der Waals surface area contributed by atoms with Crippen LogP contribution in [0.25, 0.3) is 0 Å². The van der Waals surface area contributed by atoms with Crippen molar-refractivity contribution in [1.29, 1.82) is 0 Å². The minimum atomic E-state index is -0.327. The highest BCUT2D eigenvalue weighted by Crippen LogP contribution is 2.14. The number of hydrogen-bond acceptors (Lipinski definition) is 4. The average Bonchev–Trinajstić information content (AvgIpc) is 2.36. The normalized spacial score (nSPS) is 12.4. The largest absolute Gasteiger partial charge is 0.497 e. The second-order valence-corrected chi connectivity index (χ2v) is 4.32. The van der Waals surface area contributed by atoms with Gasteiger partial charge in [-0.15, -0.1) is 0 Å². The number of benzene rings is 1. The van der Waals surface area contributed by atoms with Gasteiger partial charge in [-0.1, -0.05) is 12.1 Å². The van der Waals surface area contributed by atoms with Crippen LogP contribution in [0.3, 0.4) is 0 Å². The van der Waals surface area contributed by atoms with Crippen LogP contribution in [0.5, 0.6) is 5.75 Å². The maximum Gasteiger partial charge on any atom is 0.219 e. The Morgan fingerprint density at radius 3 is 2.44 bits per heavy atom. The molecule has 0 aromatic heterocycles. The van der Waals surface area contributed by atoms with Gasteiger partial charge in [-0.3, -0.25) is 9.69 Å². The maximum atomic E-state index is 10.9. The number of carbonyl (C=O) groups excluding carboxylic acids is 1. The quantitative estimate of drug-likeness (QED) is 0.731. The molecule has 0 heterocycles. The van der Waals surface area contributed by atoms with E-state index in [-0.39, 0.29) is 18.4 Å². The minimum Gasteiger partial charge on any atom is -0.497 e. The summed E-state index contributed by atoms with van der Waals surface area (Å²) in [5.41, 5.74) is 12.0. The Bertz CT molecular complexity index is 378. The highest BCUT2D eigenvalue weighted by Gasteiger charge is 2.15. The topological polar surface area (TPSA) is 81.6 Å². The number of primary amides is 1. The Kier molecular flexibility index (Phi) is 5.61. The smallest absolute Gasteiger partial charge is 0.219 e. The summed E-state index contributed by atoms with van der Waals surface area (Å²) in [6, 6.07) is 7.79. The predicted octanol–water partition coefficient (Wildman–Crippen LogP) is 0.330. The van der Waals surface area contributed by atoms with Gasteiger partial charge in [-0.25, -0.2) is 0 Å². The van der Waals surface area contributed by atoms with Crippen molar-refractivity contribution in [3.63, 3.8) is 0 Å². The fraction of sp³-hybridized carbons (Fsp3) is 0.462. The zero-order valence-corrected chi connectivity index (χ0v) is 10.9. The van der Waals surface area contributed by atoms with Crippen LogP contribution in [0.4, 0.5) is 0 Å². The fourth-order valence-corrected chi connectivity index (χ4v) is 1.80. The van der Waals surface area contributed by atoms with Crippen LogP contribution < -0.4 is 16.2 Å². The van der Waals surface area contributed by atoms with Crippen molar-refractivity contribution in [2.24, 2.45) is 11.5 Å². The van der Waals surface area contributed by atoms with E-state index in [1.54, 1.807) is 7.11 Å². The van der Waals surface area contributed by atoms with Gasteiger partial charge in [0.1, 0.15) is 5.75 Å². The Morgan fingerprint density at radius 2 is 2.00 bits per heavy atom. The first-order valence-corrected chi connectivity index (χ1v) is 5.88. The minimum absolute atomic E-state index is 0.0235. The molecule has 1 amide bonds. The third-order valence-corrected chi connectivity index (χ3v) is 2.92. The summed E-state index contributed by atoms with van der Waals surface area (Å²) in [7, 11) is 3.57. The summed E-state index contributed by atoms with van der Waals surface area (Å²) in [5.74, 6) is 0.501. The molecule has 1 unspecified atom stereocenters. The third kappa shape index (κ3) is 4.35. The van der Waals surface area contributed by atoms with Crippen molar-refractivity contribution in [1.82, 2.24) is 4.90 Å². The first-order chi connectivity index (χ1) is 8.56. The number of rotatable bonds is 7. The first kappa shape index (κ1) is 14.5. The molecule has 0 saturated carbocycles. The summed E-state index contributed by atoms with van der Waals surface area (Å²) in [6.45, 7) is 1.13. The van der Waals surface area contributed by atoms with Crippen LogP contribution in [0.2, 0.25) is 0 Å². The lowest BCUT2D eigenvalue weighted by atomic mass is 10.1. The number of amides is 1. The van der Waals surface area contributed by atoms with Crippen LogP contribution >= 0.6 is 0 Å². The Hall–Kier alpha value is -1.59. The number of likely N-dealkylation sites (N-methyl/N-ethyl adjacent to an activating group) is 1. The highest BCUT2D eigenvalue weighted by molar-refractivity contribution is 5.74. The molecule has 1 aromatic carbocycles. The fourth-order valence-electron chi connectivity index (χ4n) is 1.80. The van der Waals surface area contributed by atoms with Crippen molar-refractivity contribution in [3.8, 4) is 5.75 Å². The van der Waals surface area contributed by atoms with Crippen LogP contribution in [0.1, 0.15) is 12.0 Å². The number of hydrogen-bond donors (Lipinski definition) is 2. The Labute approximate surface area is 108 Å². The van der Waals surface area contributed by atoms with Gasteiger partial charge in [0, 0.05) is 25.6 Å². The molecule has 0 saturated heterocycles. The molecule has 5 heteroatoms. The third-order valence-electron chi connectivity index (χ3n) is 2.92. The molecule has 0 aliphatic heterocycles. The lowest BCUT2D eigenvalue weighted by Gasteiger charge is -2.26. The Morgan fingerprint density at radius 1 is 1.39 bits per heavy atom. The molecule has 0 bridgehead atoms. The van der Waals surface area contributed by atoms with Gasteiger partial charge in [0.2, 0.25) is 5.91 Å². The summed E-state index contributed by atoms with van der Waals surface area (Å²) in [4.78, 5) is 13.0. The van der Waals surface area contributed by atoms with E-state index in [2.05, 4.69) is 0 Å². The number of nitrogens with two attached hydrogens (primary N) is 2. The molecule has 0 spiro atoms. The average molecular weight is 251 g/mol. The molecule has 5 nitrogen and oxygen atoms in total. The highest BCUT2D eigenvalue weighted by atomic mass is 16.5. The van der Waals surface area contributed by atoms with Crippen molar-refractivity contribution < 1.29 is 9.53 Å². The van der Waals surface area contributed by atoms with E-state index in [0.717, 1.165) is 17.9 Å². The summed E-state index contributed by atoms with van der Waals surface area (Å²) in [5, 5.41) is 0. The molecule has 0 aliphatic carbocycles. The molecule has 18 heavy (non-hydrogen) atoms. The van der Waals surface area contributed by atoms with Gasteiger partial charge in [-0.05, 0) is 24.7 Å². The van der Waals surface area contributed by atoms with Gasteiger partial charge in [-0.2, -0.15) is 0 Å². The molecule has 1 rings (SSSR count). The van der Waals surface area contributed by atoms with Gasteiger partial charge in [0.15, 0.2) is 0 Å². The van der Waals surface area contributed by atoms with E-state index >= 15 is 0 Å². The van der Waals surface area contributed by atoms with Crippen molar-refractivity contribution in [2.45, 2.75) is 19.0 Å². The van der Waals surface area contributed by atoms with E-state index in [9.17, 15) is 4.79 Å². The van der Waals surface area contributed by atoms with E-state index in [4.69, 9.17) is 16.2 Å². The van der Waals surface area contributed by atoms with E-state index < -0.39 is 0 Å². The van der Waals surface area contributed by atoms with Crippen LogP contribution in [-0.4, -0.2) is 37.6 Å². The summed E-state index contributed by atoms with van der Waals surface area (Å²) < 4.78 is 5.10. The Balaban J connectivity index is 2.60. The van der Waals surface area contributed by atoms with E-state index in [1.807, 2.05) is 36.2 Å². The predicted molar refractivity (Wildman–Crippen MR) is 71.1 cm³/mol. The van der Waals surface area contributed by atoms with Gasteiger partial charge < -0.3 is 16.2 Å². The number of nitrogens with zero attached hydrogens (tertiary/aromatic N) is 1. The molecule has 100 valence electrons. The molecular formula is C13H21N3O2. The molecule has 4 N–H and O–H groups in total. The van der Waals surface area contributed by atoms with Crippen molar-refractivity contribution in [2.75, 3.05) is 20.7 Å². The SMILES string of the molecule is COc1ccc(CN(C)C(CN)CC(N)=O)cc1. The zero-order valence-electron chi connectivity index (χ0n) is 10.9. The number of ether oxygens (including phenoxy) is 1. The monoisotopic (exact) mass is 251 g/mol.